The molecule has 0 heterocycles. The predicted octanol–water partition coefficient (Wildman–Crippen LogP) is 3.08. The van der Waals surface area contributed by atoms with Gasteiger partial charge in [0.1, 0.15) is 0 Å². The second-order valence-electron chi connectivity index (χ2n) is 5.24. The summed E-state index contributed by atoms with van der Waals surface area (Å²) in [7, 11) is 0. The molecule has 1 amide bonds. The van der Waals surface area contributed by atoms with Crippen molar-refractivity contribution in [2.24, 2.45) is 11.7 Å². The zero-order valence-electron chi connectivity index (χ0n) is 11.1. The van der Waals surface area contributed by atoms with Gasteiger partial charge in [-0.25, -0.2) is 0 Å². The molecular weight excluding hydrogens is 269 g/mol. The van der Waals surface area contributed by atoms with E-state index in [1.54, 1.807) is 0 Å². The van der Waals surface area contributed by atoms with Gasteiger partial charge in [-0.2, -0.15) is 13.2 Å². The first-order valence-corrected chi connectivity index (χ1v) is 6.52. The van der Waals surface area contributed by atoms with Crippen LogP contribution in [0.4, 0.5) is 18.9 Å². The standard InChI is InChI=1S/C14H17F3N2O/c1-8-11(14(15,16)17)3-2-4-12(8)19-13(20)9-5-6-10(18)7-9/h2-4,9-10H,5-7,18H2,1H3,(H,19,20). The number of nitrogens with one attached hydrogen (secondary N) is 1. The minimum Gasteiger partial charge on any atom is -0.328 e. The third-order valence-corrected chi connectivity index (χ3v) is 3.74. The summed E-state index contributed by atoms with van der Waals surface area (Å²) in [6.45, 7) is 1.36. The van der Waals surface area contributed by atoms with Gasteiger partial charge >= 0.3 is 6.18 Å². The van der Waals surface area contributed by atoms with E-state index >= 15 is 0 Å². The summed E-state index contributed by atoms with van der Waals surface area (Å²) in [5.74, 6) is -0.459. The molecule has 0 aliphatic heterocycles. The molecule has 110 valence electrons. The number of halogens is 3. The number of amides is 1. The van der Waals surface area contributed by atoms with E-state index in [1.165, 1.54) is 19.1 Å². The Balaban J connectivity index is 2.16. The molecule has 2 unspecified atom stereocenters. The summed E-state index contributed by atoms with van der Waals surface area (Å²) in [5, 5.41) is 2.59. The Morgan fingerprint density at radius 2 is 2.05 bits per heavy atom. The summed E-state index contributed by atoms with van der Waals surface area (Å²) >= 11 is 0. The van der Waals surface area contributed by atoms with E-state index in [1.807, 2.05) is 0 Å². The van der Waals surface area contributed by atoms with Crippen molar-refractivity contribution in [3.63, 3.8) is 0 Å². The highest BCUT2D eigenvalue weighted by Gasteiger charge is 2.33. The average molecular weight is 286 g/mol. The Morgan fingerprint density at radius 3 is 2.60 bits per heavy atom. The predicted molar refractivity (Wildman–Crippen MR) is 70.1 cm³/mol. The topological polar surface area (TPSA) is 55.1 Å². The molecule has 3 N–H and O–H groups in total. The van der Waals surface area contributed by atoms with Crippen LogP contribution < -0.4 is 11.1 Å². The molecule has 2 rings (SSSR count). The van der Waals surface area contributed by atoms with Gasteiger partial charge in [0.05, 0.1) is 5.56 Å². The van der Waals surface area contributed by atoms with Crippen molar-refractivity contribution in [1.29, 1.82) is 0 Å². The van der Waals surface area contributed by atoms with E-state index in [0.717, 1.165) is 12.5 Å². The van der Waals surface area contributed by atoms with Crippen LogP contribution in [0.1, 0.15) is 30.4 Å². The van der Waals surface area contributed by atoms with E-state index in [-0.39, 0.29) is 29.1 Å². The summed E-state index contributed by atoms with van der Waals surface area (Å²) in [6, 6.07) is 3.80. The number of nitrogens with two attached hydrogens (primary N) is 1. The molecule has 0 saturated heterocycles. The summed E-state index contributed by atoms with van der Waals surface area (Å²) in [6.07, 6.45) is -2.37. The third kappa shape index (κ3) is 3.12. The Morgan fingerprint density at radius 1 is 1.35 bits per heavy atom. The fourth-order valence-electron chi connectivity index (χ4n) is 2.57. The van der Waals surface area contributed by atoms with Crippen LogP contribution in [-0.4, -0.2) is 11.9 Å². The molecule has 20 heavy (non-hydrogen) atoms. The zero-order valence-corrected chi connectivity index (χ0v) is 11.1. The lowest BCUT2D eigenvalue weighted by Gasteiger charge is -2.16. The molecule has 1 aromatic carbocycles. The zero-order chi connectivity index (χ0) is 14.9. The number of anilines is 1. The fourth-order valence-corrected chi connectivity index (χ4v) is 2.57. The van der Waals surface area contributed by atoms with Crippen molar-refractivity contribution in [3.8, 4) is 0 Å². The second-order valence-corrected chi connectivity index (χ2v) is 5.24. The number of rotatable bonds is 2. The average Bonchev–Trinajstić information content (AvgIpc) is 2.77. The van der Waals surface area contributed by atoms with Gasteiger partial charge in [0.15, 0.2) is 0 Å². The molecule has 0 radical (unpaired) electrons. The molecule has 6 heteroatoms. The van der Waals surface area contributed by atoms with Gasteiger partial charge in [-0.05, 0) is 43.9 Å². The smallest absolute Gasteiger partial charge is 0.328 e. The molecule has 3 nitrogen and oxygen atoms in total. The SMILES string of the molecule is Cc1c(NC(=O)C2CCC(N)C2)cccc1C(F)(F)F. The first-order valence-electron chi connectivity index (χ1n) is 6.52. The Kier molecular flexibility index (Phi) is 4.04. The van der Waals surface area contributed by atoms with Crippen LogP contribution >= 0.6 is 0 Å². The lowest BCUT2D eigenvalue weighted by atomic mass is 10.0. The van der Waals surface area contributed by atoms with Crippen molar-refractivity contribution >= 4 is 11.6 Å². The maximum absolute atomic E-state index is 12.8. The van der Waals surface area contributed by atoms with Crippen LogP contribution in [0.25, 0.3) is 0 Å². The molecular formula is C14H17F3N2O. The maximum Gasteiger partial charge on any atom is 0.416 e. The monoisotopic (exact) mass is 286 g/mol. The molecule has 0 bridgehead atoms. The molecule has 1 aliphatic rings. The van der Waals surface area contributed by atoms with Crippen molar-refractivity contribution in [3.05, 3.63) is 29.3 Å². The second kappa shape index (κ2) is 5.44. The summed E-state index contributed by atoms with van der Waals surface area (Å²) in [4.78, 5) is 12.0. The van der Waals surface area contributed by atoms with Gasteiger partial charge in [-0.1, -0.05) is 6.07 Å². The van der Waals surface area contributed by atoms with E-state index in [0.29, 0.717) is 12.8 Å². The van der Waals surface area contributed by atoms with Gasteiger partial charge in [0.25, 0.3) is 0 Å². The van der Waals surface area contributed by atoms with E-state index in [9.17, 15) is 18.0 Å². The van der Waals surface area contributed by atoms with Crippen LogP contribution in [0.5, 0.6) is 0 Å². The van der Waals surface area contributed by atoms with Gasteiger partial charge in [-0.3, -0.25) is 4.79 Å². The number of hydrogen-bond acceptors (Lipinski definition) is 2. The van der Waals surface area contributed by atoms with Crippen LogP contribution in [0.2, 0.25) is 0 Å². The highest BCUT2D eigenvalue weighted by atomic mass is 19.4. The molecule has 1 aliphatic carbocycles. The quantitative estimate of drug-likeness (QED) is 0.877. The van der Waals surface area contributed by atoms with E-state index in [2.05, 4.69) is 5.32 Å². The Hall–Kier alpha value is -1.56. The van der Waals surface area contributed by atoms with Gasteiger partial charge < -0.3 is 11.1 Å². The number of carbonyl (C=O) groups excluding carboxylic acids is 1. The van der Waals surface area contributed by atoms with Gasteiger partial charge in [-0.15, -0.1) is 0 Å². The molecule has 0 spiro atoms. The third-order valence-electron chi connectivity index (χ3n) is 3.74. The van der Waals surface area contributed by atoms with Crippen molar-refractivity contribution in [2.45, 2.75) is 38.4 Å². The first-order chi connectivity index (χ1) is 9.29. The maximum atomic E-state index is 12.8. The lowest BCUT2D eigenvalue weighted by molar-refractivity contribution is -0.138. The Labute approximate surface area is 115 Å². The van der Waals surface area contributed by atoms with Crippen molar-refractivity contribution < 1.29 is 18.0 Å². The molecule has 1 fully saturated rings. The van der Waals surface area contributed by atoms with Crippen molar-refractivity contribution in [1.82, 2.24) is 0 Å². The fraction of sp³-hybridized carbons (Fsp3) is 0.500. The normalized spacial score (nSPS) is 22.9. The molecule has 2 atom stereocenters. The molecule has 1 saturated carbocycles. The van der Waals surface area contributed by atoms with Crippen molar-refractivity contribution in [2.75, 3.05) is 5.32 Å². The highest BCUT2D eigenvalue weighted by molar-refractivity contribution is 5.93. The molecule has 1 aromatic rings. The summed E-state index contributed by atoms with van der Waals surface area (Å²) in [5.41, 5.74) is 5.27. The van der Waals surface area contributed by atoms with Crippen LogP contribution in [0.3, 0.4) is 0 Å². The van der Waals surface area contributed by atoms with E-state index < -0.39 is 11.7 Å². The van der Waals surface area contributed by atoms with Gasteiger partial charge in [0, 0.05) is 17.6 Å². The number of alkyl halides is 3. The largest absolute Gasteiger partial charge is 0.416 e. The van der Waals surface area contributed by atoms with Crippen LogP contribution in [0.15, 0.2) is 18.2 Å². The number of carbonyl (C=O) groups is 1. The van der Waals surface area contributed by atoms with E-state index in [4.69, 9.17) is 5.73 Å². The number of benzene rings is 1. The number of hydrogen-bond donors (Lipinski definition) is 2. The van der Waals surface area contributed by atoms with Crippen LogP contribution in [-0.2, 0) is 11.0 Å². The van der Waals surface area contributed by atoms with Crippen LogP contribution in [0, 0.1) is 12.8 Å². The minimum absolute atomic E-state index is 0.00774. The Bertz CT molecular complexity index is 514. The first kappa shape index (κ1) is 14.8. The molecule has 0 aromatic heterocycles. The summed E-state index contributed by atoms with van der Waals surface area (Å²) < 4.78 is 38.4. The minimum atomic E-state index is -4.42. The lowest BCUT2D eigenvalue weighted by Crippen LogP contribution is -2.24. The van der Waals surface area contributed by atoms with Gasteiger partial charge in [0.2, 0.25) is 5.91 Å². The highest BCUT2D eigenvalue weighted by Crippen LogP contribution is 2.35.